The highest BCUT2D eigenvalue weighted by molar-refractivity contribution is 5.80. The zero-order valence-electron chi connectivity index (χ0n) is 17.6. The van der Waals surface area contributed by atoms with Crippen molar-refractivity contribution in [2.75, 3.05) is 31.1 Å². The van der Waals surface area contributed by atoms with E-state index >= 15 is 0 Å². The van der Waals surface area contributed by atoms with Crippen LogP contribution in [0.4, 0.5) is 14.5 Å². The Morgan fingerprint density at radius 2 is 2.00 bits per heavy atom. The molecule has 1 aromatic heterocycles. The third kappa shape index (κ3) is 4.86. The average molecular weight is 405 g/mol. The van der Waals surface area contributed by atoms with Crippen LogP contribution >= 0.6 is 0 Å². The molecule has 1 aliphatic heterocycles. The summed E-state index contributed by atoms with van der Waals surface area (Å²) in [5.41, 5.74) is 3.49. The second-order valence-electron chi connectivity index (χ2n) is 7.43. The molecular formula is C21H30F2N6. The molecule has 3 rings (SSSR count). The van der Waals surface area contributed by atoms with Gasteiger partial charge < -0.3 is 15.5 Å². The Morgan fingerprint density at radius 1 is 1.28 bits per heavy atom. The van der Waals surface area contributed by atoms with Crippen molar-refractivity contribution in [1.82, 2.24) is 20.4 Å². The number of anilines is 1. The first kappa shape index (κ1) is 21.1. The summed E-state index contributed by atoms with van der Waals surface area (Å²) >= 11 is 0. The van der Waals surface area contributed by atoms with Crippen LogP contribution in [0.1, 0.15) is 30.3 Å². The molecular weight excluding hydrogens is 374 g/mol. The first-order chi connectivity index (χ1) is 13.9. The number of aromatic nitrogens is 2. The van der Waals surface area contributed by atoms with E-state index in [1.807, 2.05) is 25.6 Å². The van der Waals surface area contributed by atoms with Crippen molar-refractivity contribution in [3.05, 3.63) is 46.8 Å². The highest BCUT2D eigenvalue weighted by atomic mass is 19.1. The predicted octanol–water partition coefficient (Wildman–Crippen LogP) is 2.69. The van der Waals surface area contributed by atoms with Crippen molar-refractivity contribution < 1.29 is 8.78 Å². The topological polar surface area (TPSA) is 57.5 Å². The molecule has 1 aliphatic rings. The average Bonchev–Trinajstić information content (AvgIpc) is 3.21. The van der Waals surface area contributed by atoms with Crippen molar-refractivity contribution in [1.29, 1.82) is 0 Å². The molecule has 1 fully saturated rings. The number of rotatable bonds is 6. The van der Waals surface area contributed by atoms with E-state index in [9.17, 15) is 8.78 Å². The molecule has 0 bridgehead atoms. The number of guanidine groups is 1. The molecule has 0 spiro atoms. The lowest BCUT2D eigenvalue weighted by Crippen LogP contribution is -2.44. The number of aryl methyl sites for hydroxylation is 2. The van der Waals surface area contributed by atoms with Crippen LogP contribution in [0.15, 0.2) is 23.2 Å². The van der Waals surface area contributed by atoms with Gasteiger partial charge in [0.15, 0.2) is 5.96 Å². The minimum Gasteiger partial charge on any atom is -0.365 e. The van der Waals surface area contributed by atoms with Crippen LogP contribution in [-0.2, 0) is 13.5 Å². The van der Waals surface area contributed by atoms with Gasteiger partial charge in [-0.2, -0.15) is 5.10 Å². The highest BCUT2D eigenvalue weighted by Gasteiger charge is 2.27. The molecule has 6 nitrogen and oxygen atoms in total. The van der Waals surface area contributed by atoms with E-state index in [2.05, 4.69) is 27.6 Å². The van der Waals surface area contributed by atoms with Gasteiger partial charge in [-0.3, -0.25) is 9.67 Å². The SMILES string of the molecule is CCNC(=NCCc1c(C)nn(C)c1C)NC1CCN(c2c(F)cccc2F)C1. The molecule has 2 N–H and O–H groups in total. The van der Waals surface area contributed by atoms with E-state index in [4.69, 9.17) is 0 Å². The first-order valence-corrected chi connectivity index (χ1v) is 10.1. The molecule has 0 aliphatic carbocycles. The molecule has 1 atom stereocenters. The first-order valence-electron chi connectivity index (χ1n) is 10.1. The zero-order valence-corrected chi connectivity index (χ0v) is 17.6. The predicted molar refractivity (Wildman–Crippen MR) is 112 cm³/mol. The summed E-state index contributed by atoms with van der Waals surface area (Å²) in [4.78, 5) is 6.45. The fraction of sp³-hybridized carbons (Fsp3) is 0.524. The lowest BCUT2D eigenvalue weighted by molar-refractivity contribution is 0.576. The normalized spacial score (nSPS) is 17.1. The summed E-state index contributed by atoms with van der Waals surface area (Å²) in [5, 5.41) is 11.1. The monoisotopic (exact) mass is 404 g/mol. The highest BCUT2D eigenvalue weighted by Crippen LogP contribution is 2.26. The van der Waals surface area contributed by atoms with Crippen LogP contribution < -0.4 is 15.5 Å². The number of hydrogen-bond acceptors (Lipinski definition) is 3. The second-order valence-corrected chi connectivity index (χ2v) is 7.43. The standard InChI is InChI=1S/C21H30F2N6/c1-5-24-21(25-11-9-17-14(2)27-28(4)15(17)3)26-16-10-12-29(13-16)20-18(22)7-6-8-19(20)23/h6-8,16H,5,9-13H2,1-4H3,(H2,24,25,26). The lowest BCUT2D eigenvalue weighted by atomic mass is 10.1. The van der Waals surface area contributed by atoms with E-state index in [-0.39, 0.29) is 11.7 Å². The van der Waals surface area contributed by atoms with Crippen LogP contribution in [0, 0.1) is 25.5 Å². The Balaban J connectivity index is 1.61. The minimum atomic E-state index is -0.520. The maximum Gasteiger partial charge on any atom is 0.191 e. The Morgan fingerprint density at radius 3 is 2.62 bits per heavy atom. The lowest BCUT2D eigenvalue weighted by Gasteiger charge is -2.21. The number of nitrogens with zero attached hydrogens (tertiary/aromatic N) is 4. The van der Waals surface area contributed by atoms with Gasteiger partial charge in [-0.15, -0.1) is 0 Å². The molecule has 0 amide bonds. The van der Waals surface area contributed by atoms with Crippen molar-refractivity contribution in [2.45, 2.75) is 39.7 Å². The molecule has 0 saturated carbocycles. The van der Waals surface area contributed by atoms with Gasteiger partial charge in [0, 0.05) is 45.0 Å². The second kappa shape index (κ2) is 9.24. The van der Waals surface area contributed by atoms with Crippen LogP contribution in [0.5, 0.6) is 0 Å². The van der Waals surface area contributed by atoms with Crippen molar-refractivity contribution in [3.8, 4) is 0 Å². The Labute approximate surface area is 171 Å². The molecule has 8 heteroatoms. The Hall–Kier alpha value is -2.64. The fourth-order valence-electron chi connectivity index (χ4n) is 3.84. The van der Waals surface area contributed by atoms with Gasteiger partial charge in [-0.1, -0.05) is 6.07 Å². The van der Waals surface area contributed by atoms with E-state index in [1.165, 1.54) is 23.8 Å². The van der Waals surface area contributed by atoms with Gasteiger partial charge in [0.05, 0.1) is 5.69 Å². The molecule has 2 heterocycles. The number of benzene rings is 1. The number of nitrogens with one attached hydrogen (secondary N) is 2. The smallest absolute Gasteiger partial charge is 0.191 e. The maximum atomic E-state index is 14.1. The van der Waals surface area contributed by atoms with Gasteiger partial charge in [0.1, 0.15) is 17.3 Å². The summed E-state index contributed by atoms with van der Waals surface area (Å²) in [6.07, 6.45) is 1.61. The third-order valence-electron chi connectivity index (χ3n) is 5.42. The van der Waals surface area contributed by atoms with Crippen LogP contribution in [0.25, 0.3) is 0 Å². The van der Waals surface area contributed by atoms with Crippen LogP contribution in [0.3, 0.4) is 0 Å². The van der Waals surface area contributed by atoms with Gasteiger partial charge in [0.2, 0.25) is 0 Å². The van der Waals surface area contributed by atoms with Gasteiger partial charge in [0.25, 0.3) is 0 Å². The Bertz CT molecular complexity index is 856. The molecule has 1 saturated heterocycles. The molecule has 0 radical (unpaired) electrons. The number of para-hydroxylation sites is 1. The number of halogens is 2. The fourth-order valence-corrected chi connectivity index (χ4v) is 3.84. The Kier molecular flexibility index (Phi) is 6.71. The minimum absolute atomic E-state index is 0.0567. The van der Waals surface area contributed by atoms with E-state index in [0.717, 1.165) is 36.7 Å². The van der Waals surface area contributed by atoms with E-state index in [0.29, 0.717) is 19.6 Å². The maximum absolute atomic E-state index is 14.1. The van der Waals surface area contributed by atoms with Crippen LogP contribution in [-0.4, -0.2) is 48.0 Å². The van der Waals surface area contributed by atoms with Gasteiger partial charge >= 0.3 is 0 Å². The molecule has 1 aromatic carbocycles. The van der Waals surface area contributed by atoms with E-state index in [1.54, 1.807) is 4.90 Å². The summed E-state index contributed by atoms with van der Waals surface area (Å²) in [5.74, 6) is -0.311. The number of hydrogen-bond donors (Lipinski definition) is 2. The summed E-state index contributed by atoms with van der Waals surface area (Å²) in [6.45, 7) is 8.62. The quantitative estimate of drug-likeness (QED) is 0.574. The van der Waals surface area contributed by atoms with E-state index < -0.39 is 11.6 Å². The molecule has 158 valence electrons. The van der Waals surface area contributed by atoms with Crippen molar-refractivity contribution >= 4 is 11.6 Å². The summed E-state index contributed by atoms with van der Waals surface area (Å²) < 4.78 is 30.0. The van der Waals surface area contributed by atoms with Gasteiger partial charge in [-0.25, -0.2) is 8.78 Å². The van der Waals surface area contributed by atoms with Crippen molar-refractivity contribution in [3.63, 3.8) is 0 Å². The molecule has 2 aromatic rings. The van der Waals surface area contributed by atoms with Crippen LogP contribution in [0.2, 0.25) is 0 Å². The summed E-state index contributed by atoms with van der Waals surface area (Å²) in [7, 11) is 1.95. The van der Waals surface area contributed by atoms with Crippen molar-refractivity contribution in [2.24, 2.45) is 12.0 Å². The third-order valence-corrected chi connectivity index (χ3v) is 5.42. The largest absolute Gasteiger partial charge is 0.365 e. The molecule has 1 unspecified atom stereocenters. The number of aliphatic imine (C=N–C) groups is 1. The van der Waals surface area contributed by atoms with Gasteiger partial charge in [-0.05, 0) is 51.3 Å². The molecule has 29 heavy (non-hydrogen) atoms. The summed E-state index contributed by atoms with van der Waals surface area (Å²) in [6, 6.07) is 4.07. The zero-order chi connectivity index (χ0) is 21.0.